The fraction of sp³-hybridized carbons (Fsp3) is 0.190. The molecule has 498 valence electrons. The van der Waals surface area contributed by atoms with E-state index in [4.69, 9.17) is 52.1 Å². The number of Topliss-reactive ketones (excluding diaryl/α,β-unsaturated/α-hetero) is 1. The summed E-state index contributed by atoms with van der Waals surface area (Å²) in [5, 5.41) is 0. The van der Waals surface area contributed by atoms with Crippen LogP contribution in [0.1, 0.15) is 70.8 Å². The summed E-state index contributed by atoms with van der Waals surface area (Å²) in [6, 6.07) is 88.5. The summed E-state index contributed by atoms with van der Waals surface area (Å²) < 4.78 is 73.2. The molecule has 0 N–H and O–H groups in total. The van der Waals surface area contributed by atoms with Crippen molar-refractivity contribution in [3.63, 3.8) is 0 Å². The van der Waals surface area contributed by atoms with Crippen molar-refractivity contribution in [2.24, 2.45) is 0 Å². The monoisotopic (exact) mass is 1320 g/mol. The van der Waals surface area contributed by atoms with E-state index in [1.165, 1.54) is 0 Å². The number of rotatable bonds is 36. The van der Waals surface area contributed by atoms with Crippen LogP contribution in [0, 0.1) is 0 Å². The average molecular weight is 1330 g/mol. The molecular formula is C84H80O13Si. The fourth-order valence-corrected chi connectivity index (χ4v) is 11.2. The number of benzene rings is 11. The van der Waals surface area contributed by atoms with Crippen LogP contribution >= 0.6 is 0 Å². The first-order valence-electron chi connectivity index (χ1n) is 32.8. The summed E-state index contributed by atoms with van der Waals surface area (Å²) in [7, 11) is -1.51. The Hall–Kier alpha value is -11.1. The highest BCUT2D eigenvalue weighted by Gasteiger charge is 2.33. The summed E-state index contributed by atoms with van der Waals surface area (Å²) in [5.41, 5.74) is 7.52. The van der Waals surface area contributed by atoms with E-state index in [2.05, 4.69) is 19.6 Å². The van der Waals surface area contributed by atoms with Gasteiger partial charge in [0, 0.05) is 44.4 Å². The van der Waals surface area contributed by atoms with Crippen LogP contribution in [0.5, 0.6) is 51.7 Å². The van der Waals surface area contributed by atoms with Crippen molar-refractivity contribution in [2.75, 3.05) is 13.4 Å². The molecule has 11 aromatic carbocycles. The van der Waals surface area contributed by atoms with Gasteiger partial charge in [-0.15, -0.1) is 0 Å². The van der Waals surface area contributed by atoms with Gasteiger partial charge in [-0.25, -0.2) is 4.79 Å². The number of carbonyl (C=O) groups excluding carboxylic acids is 2. The molecule has 0 spiro atoms. The third-order valence-corrected chi connectivity index (χ3v) is 17.5. The lowest BCUT2D eigenvalue weighted by molar-refractivity contribution is 0.0190. The van der Waals surface area contributed by atoms with E-state index in [0.717, 1.165) is 50.6 Å². The van der Waals surface area contributed by atoms with Crippen LogP contribution < -0.4 is 42.6 Å². The van der Waals surface area contributed by atoms with Crippen molar-refractivity contribution in [2.45, 2.75) is 91.1 Å². The molecule has 0 bridgehead atoms. The van der Waals surface area contributed by atoms with E-state index in [9.17, 15) is 0 Å². The quantitative estimate of drug-likeness (QED) is 0.0121. The van der Waals surface area contributed by atoms with Gasteiger partial charge < -0.3 is 52.1 Å². The van der Waals surface area contributed by atoms with Gasteiger partial charge in [-0.2, -0.15) is 0 Å². The number of hydrogen-bond donors (Lipinski definition) is 0. The third-order valence-electron chi connectivity index (χ3n) is 15.8. The maximum Gasteiger partial charge on any atom is 0.339 e. The van der Waals surface area contributed by atoms with Crippen molar-refractivity contribution in [3.05, 3.63) is 340 Å². The number of esters is 1. The molecule has 1 unspecified atom stereocenters. The summed E-state index contributed by atoms with van der Waals surface area (Å²) in [5.74, 6) is 0.831. The van der Waals surface area contributed by atoms with E-state index in [1.807, 2.05) is 243 Å². The molecule has 0 fully saturated rings. The van der Waals surface area contributed by atoms with Crippen molar-refractivity contribution in [3.8, 4) is 51.7 Å². The van der Waals surface area contributed by atoms with E-state index >= 15 is 9.59 Å². The molecule has 0 saturated carbocycles. The zero-order valence-electron chi connectivity index (χ0n) is 55.4. The lowest BCUT2D eigenvalue weighted by atomic mass is 9.97. The zero-order valence-corrected chi connectivity index (χ0v) is 56.4. The molecule has 98 heavy (non-hydrogen) atoms. The topological polar surface area (TPSA) is 136 Å². The van der Waals surface area contributed by atoms with E-state index in [1.54, 1.807) is 36.4 Å². The Morgan fingerprint density at radius 1 is 0.327 bits per heavy atom. The second-order valence-corrected chi connectivity index (χ2v) is 30.3. The molecule has 11 aromatic rings. The molecule has 13 nitrogen and oxygen atoms in total. The molecule has 0 aliphatic carbocycles. The molecule has 0 aliphatic heterocycles. The Morgan fingerprint density at radius 3 is 0.939 bits per heavy atom. The van der Waals surface area contributed by atoms with E-state index in [0.29, 0.717) is 23.7 Å². The van der Waals surface area contributed by atoms with Gasteiger partial charge in [0.2, 0.25) is 17.3 Å². The number of hydrogen-bond acceptors (Lipinski definition) is 13. The molecule has 0 aromatic heterocycles. The first-order valence-corrected chi connectivity index (χ1v) is 36.5. The lowest BCUT2D eigenvalue weighted by Crippen LogP contribution is -2.30. The van der Waals surface area contributed by atoms with Crippen molar-refractivity contribution < 1.29 is 61.7 Å². The maximum absolute atomic E-state index is 16.5. The van der Waals surface area contributed by atoms with E-state index < -0.39 is 25.9 Å². The SMILES string of the molecule is C[Si](C)(C)CCOCOc1cc(OCc2ccccc2)cc(OCc2ccccc2)c1CC(OC(=O)c1cc(OCc2ccccc2)c(OCc2ccccc2)c(OCc2ccccc2)c1)C(=O)c1cc(OCc2ccccc2)c(OCc2ccccc2)c(OCc2ccccc2)c1. The molecule has 1 atom stereocenters. The Kier molecular flexibility index (Phi) is 24.5. The number of carbonyl (C=O) groups is 2. The summed E-state index contributed by atoms with van der Waals surface area (Å²) >= 11 is 0. The first-order chi connectivity index (χ1) is 48.0. The Labute approximate surface area is 575 Å². The van der Waals surface area contributed by atoms with Gasteiger partial charge >= 0.3 is 5.97 Å². The van der Waals surface area contributed by atoms with Crippen molar-refractivity contribution in [1.29, 1.82) is 0 Å². The Balaban J connectivity index is 1.06. The third kappa shape index (κ3) is 20.7. The van der Waals surface area contributed by atoms with Gasteiger partial charge in [0.25, 0.3) is 0 Å². The van der Waals surface area contributed by atoms with Gasteiger partial charge in [-0.3, -0.25) is 4.79 Å². The van der Waals surface area contributed by atoms with Crippen LogP contribution in [0.15, 0.2) is 279 Å². The molecule has 0 aliphatic rings. The number of ketones is 1. The molecule has 0 radical (unpaired) electrons. The minimum atomic E-state index is -1.63. The lowest BCUT2D eigenvalue weighted by Gasteiger charge is -2.24. The minimum absolute atomic E-state index is 0.00175. The minimum Gasteiger partial charge on any atom is -0.489 e. The van der Waals surface area contributed by atoms with Crippen LogP contribution in [0.3, 0.4) is 0 Å². The smallest absolute Gasteiger partial charge is 0.339 e. The van der Waals surface area contributed by atoms with Gasteiger partial charge in [0.1, 0.15) is 70.1 Å². The Morgan fingerprint density at radius 2 is 0.612 bits per heavy atom. The van der Waals surface area contributed by atoms with Crippen LogP contribution in [-0.4, -0.2) is 39.3 Å². The predicted octanol–water partition coefficient (Wildman–Crippen LogP) is 18.7. The molecular weight excluding hydrogens is 1240 g/mol. The summed E-state index contributed by atoms with van der Waals surface area (Å²) in [6.07, 6.45) is -1.93. The molecule has 11 rings (SSSR count). The number of ether oxygens (including phenoxy) is 11. The second kappa shape index (κ2) is 35.1. The average Bonchev–Trinajstić information content (AvgIpc) is 0.800. The zero-order chi connectivity index (χ0) is 67.6. The largest absolute Gasteiger partial charge is 0.489 e. The fourth-order valence-electron chi connectivity index (χ4n) is 10.4. The molecule has 0 amide bonds. The van der Waals surface area contributed by atoms with Crippen LogP contribution in [0.25, 0.3) is 0 Å². The van der Waals surface area contributed by atoms with Gasteiger partial charge in [0.15, 0.2) is 35.9 Å². The molecule has 0 saturated heterocycles. The summed E-state index contributed by atoms with van der Waals surface area (Å²) in [6.45, 7) is 8.21. The first kappa shape index (κ1) is 68.3. The van der Waals surface area contributed by atoms with Crippen LogP contribution in [0.2, 0.25) is 25.7 Å². The highest BCUT2D eigenvalue weighted by atomic mass is 28.3. The molecule has 0 heterocycles. The van der Waals surface area contributed by atoms with Crippen LogP contribution in [0.4, 0.5) is 0 Å². The van der Waals surface area contributed by atoms with Gasteiger partial charge in [-0.05, 0) is 74.8 Å². The Bertz CT molecular complexity index is 4130. The highest BCUT2D eigenvalue weighted by molar-refractivity contribution is 6.76. The molecule has 14 heteroatoms. The highest BCUT2D eigenvalue weighted by Crippen LogP contribution is 2.44. The summed E-state index contributed by atoms with van der Waals surface area (Å²) in [4.78, 5) is 32.3. The van der Waals surface area contributed by atoms with Crippen molar-refractivity contribution in [1.82, 2.24) is 0 Å². The van der Waals surface area contributed by atoms with Crippen LogP contribution in [-0.2, 0) is 68.7 Å². The van der Waals surface area contributed by atoms with Gasteiger partial charge in [-0.1, -0.05) is 262 Å². The van der Waals surface area contributed by atoms with Gasteiger partial charge in [0.05, 0.1) is 5.56 Å². The second-order valence-electron chi connectivity index (χ2n) is 24.6. The van der Waals surface area contributed by atoms with E-state index in [-0.39, 0.29) is 117 Å². The standard InChI is InChI=1S/C84H80O13Si/c1-98(2,3)45-44-87-61-96-75-51-72(88-53-62-28-12-4-13-29-62)50-74(89-54-63-30-14-5-15-31-63)73(75)52-76(81(85)70-46-77(90-55-64-32-16-6-17-33-64)82(94-59-68-40-24-10-25-41-68)78(47-70)91-56-65-34-18-7-19-35-65)97-84(86)71-48-79(92-57-66-36-20-8-21-37-66)83(95-60-69-42-26-11-27-43-69)80(49-71)93-58-67-38-22-9-23-39-67/h4-43,46-51,76H,44-45,52-61H2,1-3H3. The van der Waals surface area contributed by atoms with Crippen molar-refractivity contribution >= 4 is 19.8 Å². The normalized spacial score (nSPS) is 11.4. The maximum atomic E-state index is 16.5. The predicted molar refractivity (Wildman–Crippen MR) is 382 cm³/mol.